The maximum absolute atomic E-state index is 15.8. The van der Waals surface area contributed by atoms with E-state index in [1.165, 1.54) is 11.0 Å². The summed E-state index contributed by atoms with van der Waals surface area (Å²) >= 11 is 0. The molecule has 18 nitrogen and oxygen atoms in total. The van der Waals surface area contributed by atoms with Gasteiger partial charge in [-0.3, -0.25) is 34.3 Å². The number of amides is 3. The second kappa shape index (κ2) is 18.4. The lowest BCUT2D eigenvalue weighted by Gasteiger charge is -2.40. The van der Waals surface area contributed by atoms with E-state index in [0.717, 1.165) is 74.0 Å². The monoisotopic (exact) mass is 958 g/mol. The van der Waals surface area contributed by atoms with Crippen molar-refractivity contribution < 1.29 is 27.7 Å². The lowest BCUT2D eigenvalue weighted by atomic mass is 9.94. The van der Waals surface area contributed by atoms with Gasteiger partial charge in [-0.1, -0.05) is 6.07 Å². The Morgan fingerprint density at radius 1 is 0.855 bits per heavy atom. The molecule has 3 saturated heterocycles. The van der Waals surface area contributed by atoms with Gasteiger partial charge in [-0.2, -0.15) is 15.2 Å². The number of piperazine rings is 1. The van der Waals surface area contributed by atoms with Gasteiger partial charge in [0.25, 0.3) is 0 Å². The van der Waals surface area contributed by atoms with Crippen LogP contribution in [0, 0.1) is 17.6 Å². The Hall–Kier alpha value is -7.18. The molecular formula is C48H53F2N14O4P. The van der Waals surface area contributed by atoms with Crippen LogP contribution in [0.5, 0.6) is 5.75 Å². The molecule has 3 N–H and O–H groups in total. The van der Waals surface area contributed by atoms with E-state index < -0.39 is 19.0 Å². The number of piperidine rings is 1. The zero-order chi connectivity index (χ0) is 48.1. The highest BCUT2D eigenvalue weighted by Gasteiger charge is 2.31. The summed E-state index contributed by atoms with van der Waals surface area (Å²) in [5, 5.41) is 19.5. The van der Waals surface area contributed by atoms with Crippen molar-refractivity contribution in [3.8, 4) is 16.9 Å². The minimum absolute atomic E-state index is 0.0862. The number of imide groups is 1. The first-order chi connectivity index (χ1) is 33.2. The number of hydrogen-bond donors (Lipinski definition) is 3. The van der Waals surface area contributed by atoms with E-state index in [1.54, 1.807) is 61.2 Å². The Labute approximate surface area is 397 Å². The number of methoxy groups -OCH3 is 1. The fraction of sp³-hybridized carbons (Fsp3) is 0.354. The summed E-state index contributed by atoms with van der Waals surface area (Å²) in [6.45, 7) is 9.06. The van der Waals surface area contributed by atoms with Gasteiger partial charge in [-0.05, 0) is 68.5 Å². The van der Waals surface area contributed by atoms with Crippen molar-refractivity contribution in [1.29, 1.82) is 0 Å². The van der Waals surface area contributed by atoms with E-state index in [4.69, 9.17) is 4.74 Å². The number of hydrogen-bond acceptors (Lipinski definition) is 14. The molecule has 0 spiro atoms. The zero-order valence-electron chi connectivity index (χ0n) is 39.0. The van der Waals surface area contributed by atoms with Crippen LogP contribution in [0.15, 0.2) is 73.3 Å². The predicted octanol–water partition coefficient (Wildman–Crippen LogP) is 6.82. The number of anilines is 7. The van der Waals surface area contributed by atoms with Crippen molar-refractivity contribution in [3.63, 3.8) is 0 Å². The van der Waals surface area contributed by atoms with Gasteiger partial charge in [0.05, 0.1) is 47.6 Å². The minimum Gasteiger partial charge on any atom is -0.494 e. The smallest absolute Gasteiger partial charge is 0.329 e. The highest BCUT2D eigenvalue weighted by molar-refractivity contribution is 7.71. The Balaban J connectivity index is 0.814. The Bertz CT molecular complexity index is 3180. The summed E-state index contributed by atoms with van der Waals surface area (Å²) < 4.78 is 54.2. The van der Waals surface area contributed by atoms with Crippen molar-refractivity contribution in [3.05, 3.63) is 85.0 Å². The first kappa shape index (κ1) is 45.6. The third-order valence-corrected chi connectivity index (χ3v) is 14.8. The molecular weight excluding hydrogens is 906 g/mol. The largest absolute Gasteiger partial charge is 0.494 e. The molecule has 3 amide bonds. The maximum atomic E-state index is 15.8. The number of carbonyl (C=O) groups is 2. The molecule has 21 heteroatoms. The molecule has 10 rings (SSSR count). The third kappa shape index (κ3) is 9.13. The van der Waals surface area contributed by atoms with Crippen LogP contribution in [0.2, 0.25) is 0 Å². The van der Waals surface area contributed by atoms with E-state index >= 15 is 8.78 Å². The summed E-state index contributed by atoms with van der Waals surface area (Å²) in [4.78, 5) is 45.8. The number of ether oxygens (including phenoxy) is 1. The molecule has 7 heterocycles. The zero-order valence-corrected chi connectivity index (χ0v) is 39.9. The van der Waals surface area contributed by atoms with Crippen LogP contribution < -0.4 is 40.7 Å². The molecule has 0 saturated carbocycles. The second-order valence-corrected chi connectivity index (χ2v) is 21.4. The number of pyridine rings is 1. The molecule has 0 radical (unpaired) electrons. The first-order valence-electron chi connectivity index (χ1n) is 22.9. The predicted molar refractivity (Wildman–Crippen MR) is 264 cm³/mol. The van der Waals surface area contributed by atoms with Crippen molar-refractivity contribution >= 4 is 86.5 Å². The van der Waals surface area contributed by atoms with Crippen LogP contribution in [-0.4, -0.2) is 124 Å². The molecule has 0 aliphatic carbocycles. The number of benzene rings is 3. The number of aryl methyl sites for hydroxylation is 2. The van der Waals surface area contributed by atoms with Gasteiger partial charge in [0.1, 0.15) is 18.7 Å². The number of aromatic nitrogens is 7. The lowest BCUT2D eigenvalue weighted by molar-refractivity contribution is -0.120. The number of rotatable bonds is 12. The quantitative estimate of drug-likeness (QED) is 0.109. The van der Waals surface area contributed by atoms with Gasteiger partial charge in [0.15, 0.2) is 17.5 Å². The van der Waals surface area contributed by atoms with Crippen LogP contribution in [-0.2, 0) is 23.5 Å². The topological polar surface area (TPSA) is 184 Å². The summed E-state index contributed by atoms with van der Waals surface area (Å²) in [5.74, 6) is 0.00478. The molecule has 0 unspecified atom stereocenters. The first-order valence-corrected chi connectivity index (χ1v) is 25.5. The number of fused-ring (bicyclic) bond motifs is 2. The number of halogens is 2. The molecule has 0 bridgehead atoms. The van der Waals surface area contributed by atoms with Gasteiger partial charge in [0, 0.05) is 124 Å². The number of nitrogens with one attached hydrogen (secondary N) is 3. The van der Waals surface area contributed by atoms with Gasteiger partial charge in [-0.15, -0.1) is 0 Å². The van der Waals surface area contributed by atoms with E-state index in [9.17, 15) is 14.2 Å². The normalized spacial score (nSPS) is 16.4. The molecule has 358 valence electrons. The molecule has 3 fully saturated rings. The highest BCUT2D eigenvalue weighted by atomic mass is 31.2. The summed E-state index contributed by atoms with van der Waals surface area (Å²) in [7, 11) is 2.39. The van der Waals surface area contributed by atoms with Gasteiger partial charge >= 0.3 is 6.03 Å². The van der Waals surface area contributed by atoms with Crippen LogP contribution in [0.4, 0.5) is 53.9 Å². The molecule has 0 atom stereocenters. The van der Waals surface area contributed by atoms with E-state index in [1.807, 2.05) is 43.7 Å². The average Bonchev–Trinajstić information content (AvgIpc) is 3.91. The number of urea groups is 1. The molecule has 3 aliphatic heterocycles. The fourth-order valence-corrected chi connectivity index (χ4v) is 11.3. The molecule has 4 aromatic heterocycles. The van der Waals surface area contributed by atoms with Crippen molar-refractivity contribution in [2.45, 2.75) is 19.3 Å². The summed E-state index contributed by atoms with van der Waals surface area (Å²) in [6.07, 6.45) is 8.67. The van der Waals surface area contributed by atoms with Gasteiger partial charge < -0.3 is 29.7 Å². The van der Waals surface area contributed by atoms with Crippen molar-refractivity contribution in [2.75, 3.05) is 98.1 Å². The van der Waals surface area contributed by atoms with E-state index in [0.29, 0.717) is 69.4 Å². The van der Waals surface area contributed by atoms with E-state index in [-0.39, 0.29) is 36.5 Å². The minimum atomic E-state index is -2.86. The fourth-order valence-electron chi connectivity index (χ4n) is 9.82. The maximum Gasteiger partial charge on any atom is 0.329 e. The summed E-state index contributed by atoms with van der Waals surface area (Å²) in [5.41, 5.74) is 5.78. The Morgan fingerprint density at radius 3 is 2.36 bits per heavy atom. The Morgan fingerprint density at radius 2 is 1.64 bits per heavy atom. The van der Waals surface area contributed by atoms with Crippen LogP contribution in [0.1, 0.15) is 19.3 Å². The van der Waals surface area contributed by atoms with Crippen molar-refractivity contribution in [1.82, 2.24) is 44.7 Å². The van der Waals surface area contributed by atoms with Gasteiger partial charge in [-0.25, -0.2) is 18.6 Å². The SMILES string of the molecule is COc1cc(N2CCC(CN3CCN(c4cc5c(cc4F)c(N4CCC(=O)NC4=O)nn5C)CC3)CC2)c(-c2cnn(C)c2)cc1Nc1ncc(F)c(Nc2ccc3ncccc3c2P(C)(C)=O)n1. The van der Waals surface area contributed by atoms with Gasteiger partial charge in [0.2, 0.25) is 11.9 Å². The number of nitrogens with zero attached hydrogens (tertiary/aromatic N) is 11. The van der Waals surface area contributed by atoms with E-state index in [2.05, 4.69) is 55.8 Å². The van der Waals surface area contributed by atoms with Crippen molar-refractivity contribution in [2.24, 2.45) is 20.0 Å². The molecule has 3 aliphatic rings. The standard InChI is InChI=1S/C48H53F2N14O4P/c1-59-28-30(25-53-59)32-22-38(55-47-52-26-35(50)45(57-47)54-37-9-8-36-31(7-6-13-51-36)44(37)69(4,5)67)42(68-3)24-40(32)62-14-10-29(11-15-62)27-61-17-19-63(20-18-61)41-23-39-33(21-34(41)49)46(58-60(39)2)64-16-12-43(65)56-48(64)66/h6-9,13,21-26,28-29H,10-12,14-20,27H2,1-5H3,(H,56,65,66)(H2,52,54,55,57). The highest BCUT2D eigenvalue weighted by Crippen LogP contribution is 2.43. The summed E-state index contributed by atoms with van der Waals surface area (Å²) in [6, 6.07) is 13.9. The molecule has 3 aromatic carbocycles. The average molecular weight is 959 g/mol. The second-order valence-electron chi connectivity index (χ2n) is 18.2. The van der Waals surface area contributed by atoms with Crippen LogP contribution in [0.25, 0.3) is 32.9 Å². The molecule has 7 aromatic rings. The van der Waals surface area contributed by atoms with Crippen LogP contribution in [0.3, 0.4) is 0 Å². The molecule has 69 heavy (non-hydrogen) atoms. The van der Waals surface area contributed by atoms with Crippen LogP contribution >= 0.6 is 7.14 Å². The third-order valence-electron chi connectivity index (χ3n) is 13.3. The lowest BCUT2D eigenvalue weighted by Crippen LogP contribution is -2.49. The Kier molecular flexibility index (Phi) is 12.1. The number of carbonyl (C=O) groups excluding carboxylic acids is 2.